The van der Waals surface area contributed by atoms with Crippen molar-refractivity contribution in [1.82, 2.24) is 42.5 Å². The zero-order valence-corrected chi connectivity index (χ0v) is 47.1. The summed E-state index contributed by atoms with van der Waals surface area (Å²) in [5.74, 6) is -2.14. The fraction of sp³-hybridized carbons (Fsp3) is 0.279. The first kappa shape index (κ1) is 66.7. The van der Waals surface area contributed by atoms with Gasteiger partial charge in [-0.3, -0.25) is 48.5 Å². The predicted octanol–water partition coefficient (Wildman–Crippen LogP) is 5.48. The van der Waals surface area contributed by atoms with Crippen LogP contribution >= 0.6 is 0 Å². The second kappa shape index (κ2) is 37.3. The van der Waals surface area contributed by atoms with Gasteiger partial charge in [0.1, 0.15) is 24.2 Å². The van der Waals surface area contributed by atoms with Crippen LogP contribution in [0, 0.1) is 17.0 Å². The Morgan fingerprint density at radius 2 is 0.683 bits per heavy atom. The molecule has 6 rings (SSSR count). The number of nitrogens with one attached hydrogen (secondary N) is 8. The van der Waals surface area contributed by atoms with Crippen molar-refractivity contribution in [1.29, 1.82) is 0 Å². The van der Waals surface area contributed by atoms with Crippen molar-refractivity contribution in [3.05, 3.63) is 219 Å². The third kappa shape index (κ3) is 26.8. The normalized spacial score (nSPS) is 11.5. The minimum atomic E-state index is -0.773. The highest BCUT2D eigenvalue weighted by Gasteiger charge is 2.23. The summed E-state index contributed by atoms with van der Waals surface area (Å²) in [4.78, 5) is 103. The summed E-state index contributed by atoms with van der Waals surface area (Å²) in [5.41, 5.74) is 6.44. The average Bonchev–Trinajstić information content (AvgIpc) is 3.47. The van der Waals surface area contributed by atoms with Crippen LogP contribution in [0.2, 0.25) is 0 Å². The molecule has 6 aromatic rings. The summed E-state index contributed by atoms with van der Waals surface area (Å²) in [6.45, 7) is 9.22. The van der Waals surface area contributed by atoms with Gasteiger partial charge in [-0.25, -0.2) is 0 Å². The fourth-order valence-corrected chi connectivity index (χ4v) is 7.33. The molecule has 21 heteroatoms. The Bertz CT molecular complexity index is 2940. The molecule has 0 fully saturated rings. The van der Waals surface area contributed by atoms with Crippen LogP contribution in [0.25, 0.3) is 0 Å². The molecule has 0 radical (unpaired) electrons. The summed E-state index contributed by atoms with van der Waals surface area (Å²) in [7, 11) is 2.91. The molecule has 0 aliphatic carbocycles. The third-order valence-corrected chi connectivity index (χ3v) is 11.4. The van der Waals surface area contributed by atoms with Gasteiger partial charge >= 0.3 is 0 Å². The molecule has 0 saturated carbocycles. The van der Waals surface area contributed by atoms with Crippen molar-refractivity contribution < 1.29 is 52.8 Å². The van der Waals surface area contributed by atoms with Gasteiger partial charge in [0.05, 0.1) is 18.1 Å². The number of nitrogens with zero attached hydrogens (tertiary/aromatic N) is 1. The molecule has 6 aromatic carbocycles. The topological polar surface area (TPSA) is 294 Å². The van der Waals surface area contributed by atoms with Crippen LogP contribution in [0.3, 0.4) is 0 Å². The molecule has 0 aliphatic rings. The van der Waals surface area contributed by atoms with E-state index in [9.17, 15) is 48.5 Å². The number of carbonyl (C=O) groups is 8. The summed E-state index contributed by atoms with van der Waals surface area (Å²) in [6.07, 6.45) is 0. The molecular weight excluding hydrogens is 1050 g/mol. The van der Waals surface area contributed by atoms with Gasteiger partial charge in [0, 0.05) is 80.2 Å². The first-order chi connectivity index (χ1) is 39.3. The van der Waals surface area contributed by atoms with Crippen LogP contribution in [0.4, 0.5) is 5.69 Å². The maximum absolute atomic E-state index is 12.4. The van der Waals surface area contributed by atoms with Gasteiger partial charge in [0.15, 0.2) is 0 Å². The highest BCUT2D eigenvalue weighted by atomic mass is 16.6. The number of hydrogen-bond acceptors (Lipinski definition) is 12. The lowest BCUT2D eigenvalue weighted by Crippen LogP contribution is -2.48. The molecule has 0 spiro atoms. The van der Waals surface area contributed by atoms with Crippen LogP contribution in [0.1, 0.15) is 78.7 Å². The first-order valence-corrected chi connectivity index (χ1v) is 25.9. The first-order valence-electron chi connectivity index (χ1n) is 25.9. The summed E-state index contributed by atoms with van der Waals surface area (Å²) >= 11 is 0. The number of hydrogen-bond donors (Lipinski definition) is 8. The number of benzene rings is 6. The largest absolute Gasteiger partial charge is 0.382 e. The minimum Gasteiger partial charge on any atom is -0.382 e. The van der Waals surface area contributed by atoms with Crippen LogP contribution in [-0.4, -0.2) is 91.7 Å². The molecular formula is C61H73N9O12. The molecule has 0 heterocycles. The zero-order valence-electron chi connectivity index (χ0n) is 47.1. The predicted molar refractivity (Wildman–Crippen MR) is 310 cm³/mol. The van der Waals surface area contributed by atoms with E-state index in [1.165, 1.54) is 59.6 Å². The Hall–Kier alpha value is -9.60. The van der Waals surface area contributed by atoms with E-state index in [1.807, 2.05) is 153 Å². The number of rotatable bonds is 23. The van der Waals surface area contributed by atoms with Gasteiger partial charge in [-0.2, -0.15) is 0 Å². The smallest absolute Gasteiger partial charge is 0.269 e. The number of ether oxygens (including phenoxy) is 2. The van der Waals surface area contributed by atoms with Gasteiger partial charge in [-0.05, 0) is 40.3 Å². The summed E-state index contributed by atoms with van der Waals surface area (Å²) in [5, 5.41) is 32.0. The molecule has 21 nitrogen and oxygen atoms in total. The van der Waals surface area contributed by atoms with Crippen LogP contribution in [-0.2, 0) is 74.0 Å². The quantitative estimate of drug-likeness (QED) is 0.0292. The second-order valence-corrected chi connectivity index (χ2v) is 18.3. The zero-order chi connectivity index (χ0) is 60.2. The van der Waals surface area contributed by atoms with E-state index in [-0.39, 0.29) is 72.7 Å². The number of nitro benzene ring substituents is 1. The molecule has 0 aromatic heterocycles. The Morgan fingerprint density at radius 1 is 0.402 bits per heavy atom. The van der Waals surface area contributed by atoms with Crippen molar-refractivity contribution in [2.24, 2.45) is 0 Å². The highest BCUT2D eigenvalue weighted by Crippen LogP contribution is 2.15. The van der Waals surface area contributed by atoms with Crippen molar-refractivity contribution in [3.63, 3.8) is 0 Å². The van der Waals surface area contributed by atoms with Gasteiger partial charge in [-0.1, -0.05) is 163 Å². The van der Waals surface area contributed by atoms with E-state index >= 15 is 0 Å². The lowest BCUT2D eigenvalue weighted by molar-refractivity contribution is -0.384. The molecule has 0 bridgehead atoms. The second-order valence-electron chi connectivity index (χ2n) is 18.3. The summed E-state index contributed by atoms with van der Waals surface area (Å²) in [6, 6.07) is 48.7. The number of carbonyl (C=O) groups excluding carboxylic acids is 8. The molecule has 0 saturated heterocycles. The average molecular weight is 1120 g/mol. The monoisotopic (exact) mass is 1120 g/mol. The van der Waals surface area contributed by atoms with E-state index in [1.54, 1.807) is 12.1 Å². The number of amides is 8. The molecule has 2 unspecified atom stereocenters. The Labute approximate surface area is 477 Å². The van der Waals surface area contributed by atoms with Crippen molar-refractivity contribution in [3.8, 4) is 0 Å². The molecule has 82 heavy (non-hydrogen) atoms. The summed E-state index contributed by atoms with van der Waals surface area (Å²) < 4.78 is 9.77. The van der Waals surface area contributed by atoms with Crippen molar-refractivity contribution in [2.75, 3.05) is 27.4 Å². The van der Waals surface area contributed by atoms with E-state index in [0.717, 1.165) is 27.8 Å². The molecule has 0 aliphatic heterocycles. The highest BCUT2D eigenvalue weighted by molar-refractivity contribution is 5.89. The van der Waals surface area contributed by atoms with E-state index in [2.05, 4.69) is 42.5 Å². The molecule has 434 valence electrons. The third-order valence-electron chi connectivity index (χ3n) is 11.4. The standard InChI is InChI=1S/C18H20N2O2.C17H18N2O2.C13H17N3O5.C13H18N2O3/c1-13-8-10-15(11-9-13)12-19-18(22)17(20-14(2)21)16-6-4-3-5-7-16;1-13(20)19-16(15-10-6-3-7-11-15)17(21)18-12-14-8-4-2-5-9-14;1-9(17)15-12(8-21-2)13(18)14-7-10-3-5-11(6-4-10)16(19)20;1-10(16)15-12(9-18-2)13(17)14-8-11-6-4-3-5-7-11/h3-11,17H,12H2,1-2H3,(H,19,22)(H,20,21);2-11,16H,12H2,1H3,(H,18,21)(H,19,20);3-6,12H,7-8H2,1-2H3,(H,14,18)(H,15,17);3-7,12H,8-9H2,1-2H3,(H,14,17)(H,15,16)/t;;2*12-/m..11/s1. The Balaban J connectivity index is 0.000000288. The Morgan fingerprint density at radius 3 is 0.976 bits per heavy atom. The number of aryl methyl sites for hydroxylation is 1. The maximum atomic E-state index is 12.4. The van der Waals surface area contributed by atoms with Crippen LogP contribution in [0.5, 0.6) is 0 Å². The maximum Gasteiger partial charge on any atom is 0.269 e. The number of non-ortho nitro benzene ring substituents is 1. The van der Waals surface area contributed by atoms with Crippen molar-refractivity contribution >= 4 is 52.9 Å². The van der Waals surface area contributed by atoms with Gasteiger partial charge in [0.2, 0.25) is 47.3 Å². The van der Waals surface area contributed by atoms with E-state index in [4.69, 9.17) is 9.47 Å². The SMILES string of the molecule is CC(=O)NC(C(=O)NCc1ccc(C)cc1)c1ccccc1.CC(=O)NC(C(=O)NCc1ccccc1)c1ccccc1.COC[C@@H](NC(C)=O)C(=O)NCc1ccc([N+](=O)[O-])cc1.COC[C@@H](NC(C)=O)C(=O)NCc1ccccc1. The van der Waals surface area contributed by atoms with E-state index in [0.29, 0.717) is 25.2 Å². The minimum absolute atomic E-state index is 0.0133. The van der Waals surface area contributed by atoms with Gasteiger partial charge in [0.25, 0.3) is 5.69 Å². The molecule has 4 atom stereocenters. The molecule has 8 N–H and O–H groups in total. The number of methoxy groups -OCH3 is 2. The van der Waals surface area contributed by atoms with Crippen LogP contribution < -0.4 is 42.5 Å². The van der Waals surface area contributed by atoms with Crippen LogP contribution in [0.15, 0.2) is 170 Å². The van der Waals surface area contributed by atoms with Gasteiger partial charge in [-0.15, -0.1) is 0 Å². The lowest BCUT2D eigenvalue weighted by atomic mass is 10.1. The fourth-order valence-electron chi connectivity index (χ4n) is 7.33. The molecule has 8 amide bonds. The lowest BCUT2D eigenvalue weighted by Gasteiger charge is -2.18. The van der Waals surface area contributed by atoms with Gasteiger partial charge < -0.3 is 52.0 Å². The number of nitro groups is 1. The van der Waals surface area contributed by atoms with Crippen molar-refractivity contribution in [2.45, 2.75) is 85.0 Å². The van der Waals surface area contributed by atoms with E-state index < -0.39 is 29.1 Å². The Kier molecular flexibility index (Phi) is 30.3.